The Labute approximate surface area is 225 Å². The highest BCUT2D eigenvalue weighted by Crippen LogP contribution is 2.23. The number of amides is 2. The SMILES string of the molecule is CC(C)(C)OC(=O)[C@H]1CCCN1C(=O)CNc1cccc(NCC(=O)N2CCC[C@@H]2C(=O)OC(C)(C)C)c1. The first kappa shape index (κ1) is 29.3. The van der Waals surface area contributed by atoms with E-state index < -0.39 is 23.3 Å². The average Bonchev–Trinajstić information content (AvgIpc) is 3.49. The Morgan fingerprint density at radius 1 is 0.763 bits per heavy atom. The molecule has 10 nitrogen and oxygen atoms in total. The average molecular weight is 531 g/mol. The van der Waals surface area contributed by atoms with Gasteiger partial charge in [0.25, 0.3) is 0 Å². The van der Waals surface area contributed by atoms with E-state index in [0.29, 0.717) is 37.3 Å². The van der Waals surface area contributed by atoms with Crippen LogP contribution in [0, 0.1) is 0 Å². The molecule has 0 bridgehead atoms. The summed E-state index contributed by atoms with van der Waals surface area (Å²) in [4.78, 5) is 54.0. The van der Waals surface area contributed by atoms with Gasteiger partial charge < -0.3 is 29.9 Å². The second kappa shape index (κ2) is 12.0. The van der Waals surface area contributed by atoms with Gasteiger partial charge in [0.1, 0.15) is 23.3 Å². The van der Waals surface area contributed by atoms with Gasteiger partial charge in [-0.25, -0.2) is 9.59 Å². The first-order chi connectivity index (χ1) is 17.7. The van der Waals surface area contributed by atoms with E-state index in [1.54, 1.807) is 9.80 Å². The van der Waals surface area contributed by atoms with Crippen molar-refractivity contribution in [1.82, 2.24) is 9.80 Å². The number of likely N-dealkylation sites (tertiary alicyclic amines) is 2. The Balaban J connectivity index is 1.51. The first-order valence-corrected chi connectivity index (χ1v) is 13.4. The Morgan fingerprint density at radius 2 is 1.16 bits per heavy atom. The van der Waals surface area contributed by atoms with E-state index in [2.05, 4.69) is 10.6 Å². The van der Waals surface area contributed by atoms with Crippen LogP contribution < -0.4 is 10.6 Å². The quantitative estimate of drug-likeness (QED) is 0.492. The van der Waals surface area contributed by atoms with Crippen molar-refractivity contribution >= 4 is 35.1 Å². The van der Waals surface area contributed by atoms with Gasteiger partial charge in [-0.05, 0) is 85.4 Å². The van der Waals surface area contributed by atoms with E-state index in [1.165, 1.54) is 0 Å². The molecule has 0 unspecified atom stereocenters. The van der Waals surface area contributed by atoms with Gasteiger partial charge in [-0.2, -0.15) is 0 Å². The standard InChI is InChI=1S/C28H42N4O6/c1-27(2,3)37-25(35)21-12-8-14-31(21)23(33)17-29-19-10-7-11-20(16-19)30-18-24(34)32-15-9-13-22(32)26(36)38-28(4,5)6/h7,10-11,16,21-22,29-30H,8-9,12-15,17-18H2,1-6H3/t21-,22-/m1/s1. The van der Waals surface area contributed by atoms with E-state index in [4.69, 9.17) is 9.47 Å². The predicted molar refractivity (Wildman–Crippen MR) is 145 cm³/mol. The van der Waals surface area contributed by atoms with Crippen LogP contribution in [0.3, 0.4) is 0 Å². The number of esters is 2. The summed E-state index contributed by atoms with van der Waals surface area (Å²) in [7, 11) is 0. The molecule has 210 valence electrons. The lowest BCUT2D eigenvalue weighted by atomic mass is 10.1. The summed E-state index contributed by atoms with van der Waals surface area (Å²) in [6, 6.07) is 6.17. The highest BCUT2D eigenvalue weighted by Gasteiger charge is 2.37. The molecule has 2 heterocycles. The maximum atomic E-state index is 12.9. The first-order valence-electron chi connectivity index (χ1n) is 13.4. The van der Waals surface area contributed by atoms with Gasteiger partial charge in [0.05, 0.1) is 13.1 Å². The molecule has 2 atom stereocenters. The molecule has 2 aliphatic rings. The molecule has 2 saturated heterocycles. The fourth-order valence-electron chi connectivity index (χ4n) is 4.66. The number of hydrogen-bond donors (Lipinski definition) is 2. The molecule has 2 fully saturated rings. The molecule has 2 amide bonds. The van der Waals surface area contributed by atoms with E-state index in [-0.39, 0.29) is 36.8 Å². The van der Waals surface area contributed by atoms with Crippen LogP contribution in [0.4, 0.5) is 11.4 Å². The molecule has 38 heavy (non-hydrogen) atoms. The van der Waals surface area contributed by atoms with Crippen LogP contribution in [-0.4, -0.2) is 83.0 Å². The molecule has 1 aromatic carbocycles. The van der Waals surface area contributed by atoms with Crippen LogP contribution in [0.25, 0.3) is 0 Å². The molecule has 0 aromatic heterocycles. The fourth-order valence-corrected chi connectivity index (χ4v) is 4.66. The van der Waals surface area contributed by atoms with E-state index in [0.717, 1.165) is 12.8 Å². The monoisotopic (exact) mass is 530 g/mol. The summed E-state index contributed by atoms with van der Waals surface area (Å²) >= 11 is 0. The van der Waals surface area contributed by atoms with Gasteiger partial charge in [0.2, 0.25) is 11.8 Å². The number of carbonyl (C=O) groups excluding carboxylic acids is 4. The zero-order valence-corrected chi connectivity index (χ0v) is 23.5. The summed E-state index contributed by atoms with van der Waals surface area (Å²) in [5, 5.41) is 6.23. The number of benzene rings is 1. The van der Waals surface area contributed by atoms with Gasteiger partial charge in [-0.1, -0.05) is 6.07 Å². The normalized spacial score (nSPS) is 19.7. The lowest BCUT2D eigenvalue weighted by Gasteiger charge is -2.27. The summed E-state index contributed by atoms with van der Waals surface area (Å²) in [5.74, 6) is -1.08. The molecule has 2 aliphatic heterocycles. The summed E-state index contributed by atoms with van der Waals surface area (Å²) in [6.45, 7) is 12.0. The summed E-state index contributed by atoms with van der Waals surface area (Å²) < 4.78 is 11.0. The molecule has 2 N–H and O–H groups in total. The van der Waals surface area contributed by atoms with Gasteiger partial charge in [0, 0.05) is 24.5 Å². The van der Waals surface area contributed by atoms with Gasteiger partial charge in [-0.3, -0.25) is 9.59 Å². The van der Waals surface area contributed by atoms with Crippen LogP contribution >= 0.6 is 0 Å². The lowest BCUT2D eigenvalue weighted by molar-refractivity contribution is -0.163. The van der Waals surface area contributed by atoms with Crippen molar-refractivity contribution < 1.29 is 28.7 Å². The Kier molecular flexibility index (Phi) is 9.27. The van der Waals surface area contributed by atoms with Gasteiger partial charge in [0.15, 0.2) is 0 Å². The van der Waals surface area contributed by atoms with Crippen molar-refractivity contribution in [2.75, 3.05) is 36.8 Å². The van der Waals surface area contributed by atoms with Crippen molar-refractivity contribution in [2.45, 2.75) is 90.5 Å². The molecule has 10 heteroatoms. The Morgan fingerprint density at radius 3 is 1.53 bits per heavy atom. The minimum atomic E-state index is -0.604. The fraction of sp³-hybridized carbons (Fsp3) is 0.643. The van der Waals surface area contributed by atoms with E-state index >= 15 is 0 Å². The van der Waals surface area contributed by atoms with Crippen molar-refractivity contribution in [3.63, 3.8) is 0 Å². The zero-order valence-electron chi connectivity index (χ0n) is 23.5. The van der Waals surface area contributed by atoms with Crippen molar-refractivity contribution in [2.24, 2.45) is 0 Å². The summed E-state index contributed by atoms with van der Waals surface area (Å²) in [5.41, 5.74) is 0.202. The third-order valence-corrected chi connectivity index (χ3v) is 6.25. The highest BCUT2D eigenvalue weighted by atomic mass is 16.6. The van der Waals surface area contributed by atoms with Crippen LogP contribution in [0.5, 0.6) is 0 Å². The molecular formula is C28H42N4O6. The zero-order chi connectivity index (χ0) is 28.1. The molecule has 0 spiro atoms. The van der Waals surface area contributed by atoms with Gasteiger partial charge in [-0.15, -0.1) is 0 Å². The van der Waals surface area contributed by atoms with Crippen LogP contribution in [0.2, 0.25) is 0 Å². The number of anilines is 2. The molecule has 3 rings (SSSR count). The third-order valence-electron chi connectivity index (χ3n) is 6.25. The molecule has 0 radical (unpaired) electrons. The maximum absolute atomic E-state index is 12.9. The number of rotatable bonds is 8. The number of nitrogens with zero attached hydrogens (tertiary/aromatic N) is 2. The lowest BCUT2D eigenvalue weighted by Crippen LogP contribution is -2.45. The van der Waals surface area contributed by atoms with Crippen LogP contribution in [0.1, 0.15) is 67.2 Å². The topological polar surface area (TPSA) is 117 Å². The minimum absolute atomic E-state index is 0.0347. The minimum Gasteiger partial charge on any atom is -0.458 e. The molecule has 1 aromatic rings. The molecular weight excluding hydrogens is 488 g/mol. The number of ether oxygens (including phenoxy) is 2. The summed E-state index contributed by atoms with van der Waals surface area (Å²) in [6.07, 6.45) is 2.71. The molecule has 0 saturated carbocycles. The number of hydrogen-bond acceptors (Lipinski definition) is 8. The predicted octanol–water partition coefficient (Wildman–Crippen LogP) is 3.18. The van der Waals surface area contributed by atoms with Crippen molar-refractivity contribution in [3.8, 4) is 0 Å². The van der Waals surface area contributed by atoms with Crippen molar-refractivity contribution in [3.05, 3.63) is 24.3 Å². The highest BCUT2D eigenvalue weighted by molar-refractivity contribution is 5.89. The van der Waals surface area contributed by atoms with Crippen molar-refractivity contribution in [1.29, 1.82) is 0 Å². The van der Waals surface area contributed by atoms with E-state index in [9.17, 15) is 19.2 Å². The largest absolute Gasteiger partial charge is 0.458 e. The van der Waals surface area contributed by atoms with Crippen LogP contribution in [-0.2, 0) is 28.7 Å². The number of nitrogens with one attached hydrogen (secondary N) is 2. The van der Waals surface area contributed by atoms with E-state index in [1.807, 2.05) is 65.8 Å². The second-order valence-electron chi connectivity index (χ2n) is 11.8. The second-order valence-corrected chi connectivity index (χ2v) is 11.8. The Hall–Kier alpha value is -3.30. The third kappa shape index (κ3) is 8.36. The van der Waals surface area contributed by atoms with Crippen LogP contribution in [0.15, 0.2) is 24.3 Å². The Bertz CT molecular complexity index is 952. The smallest absolute Gasteiger partial charge is 0.329 e. The maximum Gasteiger partial charge on any atom is 0.329 e. The molecule has 0 aliphatic carbocycles. The van der Waals surface area contributed by atoms with Gasteiger partial charge >= 0.3 is 11.9 Å². The number of carbonyl (C=O) groups is 4.